The van der Waals surface area contributed by atoms with Crippen LogP contribution in [0.25, 0.3) is 0 Å². The molecule has 20 heavy (non-hydrogen) atoms. The van der Waals surface area contributed by atoms with Gasteiger partial charge in [0.2, 0.25) is 10.0 Å². The Kier molecular flexibility index (Phi) is 3.97. The lowest BCUT2D eigenvalue weighted by Crippen LogP contribution is -2.34. The van der Waals surface area contributed by atoms with Crippen LogP contribution in [0.5, 0.6) is 0 Å². The van der Waals surface area contributed by atoms with Gasteiger partial charge in [-0.2, -0.15) is 9.57 Å². The number of rotatable bonds is 5. The molecule has 0 atom stereocenters. The third kappa shape index (κ3) is 2.76. The van der Waals surface area contributed by atoms with Gasteiger partial charge in [-0.25, -0.2) is 12.8 Å². The fourth-order valence-electron chi connectivity index (χ4n) is 2.09. The number of benzene rings is 1. The Morgan fingerprint density at radius 3 is 2.70 bits per heavy atom. The van der Waals surface area contributed by atoms with E-state index in [9.17, 15) is 12.8 Å². The Labute approximate surface area is 117 Å². The van der Waals surface area contributed by atoms with E-state index < -0.39 is 15.8 Å². The minimum atomic E-state index is -3.74. The van der Waals surface area contributed by atoms with Crippen LogP contribution in [0.2, 0.25) is 0 Å². The zero-order chi connectivity index (χ0) is 14.9. The fraction of sp³-hybridized carbons (Fsp3) is 0.462. The molecule has 1 aromatic carbocycles. The van der Waals surface area contributed by atoms with Crippen molar-refractivity contribution in [2.45, 2.75) is 37.1 Å². The van der Waals surface area contributed by atoms with Crippen molar-refractivity contribution in [2.24, 2.45) is 0 Å². The third-order valence-corrected chi connectivity index (χ3v) is 5.37. The van der Waals surface area contributed by atoms with Gasteiger partial charge in [0.05, 0.1) is 16.7 Å². The van der Waals surface area contributed by atoms with E-state index in [1.807, 2.05) is 6.07 Å². The molecule has 1 aliphatic carbocycles. The summed E-state index contributed by atoms with van der Waals surface area (Å²) in [6, 6.07) is 4.17. The first-order valence-corrected chi connectivity index (χ1v) is 7.76. The molecule has 0 radical (unpaired) electrons. The summed E-state index contributed by atoms with van der Waals surface area (Å²) in [5.74, 6) is -0.628. The second-order valence-electron chi connectivity index (χ2n) is 4.89. The van der Waals surface area contributed by atoms with Gasteiger partial charge < -0.3 is 5.73 Å². The second kappa shape index (κ2) is 5.38. The molecule has 2 rings (SSSR count). The quantitative estimate of drug-likeness (QED) is 0.839. The summed E-state index contributed by atoms with van der Waals surface area (Å²) in [7, 11) is -3.74. The Morgan fingerprint density at radius 1 is 1.50 bits per heavy atom. The Balaban J connectivity index is 2.43. The molecule has 7 heteroatoms. The van der Waals surface area contributed by atoms with E-state index in [-0.39, 0.29) is 29.6 Å². The number of aryl methyl sites for hydroxylation is 1. The molecule has 1 fully saturated rings. The number of nitrogen functional groups attached to an aromatic ring is 1. The van der Waals surface area contributed by atoms with Crippen molar-refractivity contribution in [2.75, 3.05) is 12.3 Å². The summed E-state index contributed by atoms with van der Waals surface area (Å²) in [6.45, 7) is 1.69. The van der Waals surface area contributed by atoms with Crippen LogP contribution in [0, 0.1) is 24.1 Å². The van der Waals surface area contributed by atoms with E-state index in [0.717, 1.165) is 25.0 Å². The van der Waals surface area contributed by atoms with Crippen molar-refractivity contribution in [3.63, 3.8) is 0 Å². The van der Waals surface area contributed by atoms with Crippen LogP contribution in [0.15, 0.2) is 17.0 Å². The zero-order valence-electron chi connectivity index (χ0n) is 11.1. The normalized spacial score (nSPS) is 15.3. The molecule has 0 spiro atoms. The number of nitrogens with two attached hydrogens (primary N) is 1. The van der Waals surface area contributed by atoms with Gasteiger partial charge >= 0.3 is 0 Å². The minimum absolute atomic E-state index is 0.0150. The minimum Gasteiger partial charge on any atom is -0.396 e. The lowest BCUT2D eigenvalue weighted by atomic mass is 10.2. The van der Waals surface area contributed by atoms with Crippen molar-refractivity contribution in [3.05, 3.63) is 23.5 Å². The van der Waals surface area contributed by atoms with Gasteiger partial charge in [0.15, 0.2) is 0 Å². The van der Waals surface area contributed by atoms with E-state index in [0.29, 0.717) is 5.56 Å². The predicted molar refractivity (Wildman–Crippen MR) is 72.7 cm³/mol. The van der Waals surface area contributed by atoms with Crippen molar-refractivity contribution >= 4 is 15.7 Å². The smallest absolute Gasteiger partial charge is 0.243 e. The highest BCUT2D eigenvalue weighted by Crippen LogP contribution is 2.34. The van der Waals surface area contributed by atoms with Gasteiger partial charge in [-0.05, 0) is 37.5 Å². The first-order valence-electron chi connectivity index (χ1n) is 6.32. The molecular weight excluding hydrogens is 281 g/mol. The molecule has 1 aliphatic rings. The number of nitriles is 1. The lowest BCUT2D eigenvalue weighted by Gasteiger charge is -2.22. The molecule has 0 amide bonds. The Bertz CT molecular complexity index is 663. The van der Waals surface area contributed by atoms with E-state index in [2.05, 4.69) is 0 Å². The maximum atomic E-state index is 13.3. The Morgan fingerprint density at radius 2 is 2.15 bits per heavy atom. The number of sulfonamides is 1. The van der Waals surface area contributed by atoms with Crippen LogP contribution >= 0.6 is 0 Å². The van der Waals surface area contributed by atoms with Crippen molar-refractivity contribution in [3.8, 4) is 6.07 Å². The molecule has 0 heterocycles. The van der Waals surface area contributed by atoms with Crippen molar-refractivity contribution < 1.29 is 12.8 Å². The first kappa shape index (κ1) is 14.8. The number of hydrogen-bond acceptors (Lipinski definition) is 4. The highest BCUT2D eigenvalue weighted by Gasteiger charge is 2.38. The molecular formula is C13H16FN3O2S. The summed E-state index contributed by atoms with van der Waals surface area (Å²) in [5.41, 5.74) is 5.60. The summed E-state index contributed by atoms with van der Waals surface area (Å²) >= 11 is 0. The average Bonchev–Trinajstić information content (AvgIpc) is 3.18. The molecule has 1 saturated carbocycles. The van der Waals surface area contributed by atoms with Crippen LogP contribution in [0.3, 0.4) is 0 Å². The number of anilines is 1. The number of nitrogens with zero attached hydrogens (tertiary/aromatic N) is 2. The number of hydrogen-bond donors (Lipinski definition) is 1. The summed E-state index contributed by atoms with van der Waals surface area (Å²) in [4.78, 5) is 0.0150. The monoisotopic (exact) mass is 297 g/mol. The van der Waals surface area contributed by atoms with Crippen LogP contribution in [0.1, 0.15) is 24.8 Å². The van der Waals surface area contributed by atoms with Gasteiger partial charge in [-0.15, -0.1) is 0 Å². The predicted octanol–water partition coefficient (Wildman–Crippen LogP) is 1.78. The highest BCUT2D eigenvalue weighted by molar-refractivity contribution is 7.89. The molecule has 0 bridgehead atoms. The van der Waals surface area contributed by atoms with Gasteiger partial charge in [-0.3, -0.25) is 0 Å². The molecule has 1 aromatic rings. The molecule has 0 unspecified atom stereocenters. The topological polar surface area (TPSA) is 87.2 Å². The van der Waals surface area contributed by atoms with E-state index in [4.69, 9.17) is 11.0 Å². The maximum Gasteiger partial charge on any atom is 0.243 e. The molecule has 108 valence electrons. The zero-order valence-corrected chi connectivity index (χ0v) is 12.0. The van der Waals surface area contributed by atoms with E-state index >= 15 is 0 Å². The molecule has 0 aliphatic heterocycles. The van der Waals surface area contributed by atoms with E-state index in [1.165, 1.54) is 11.2 Å². The molecule has 2 N–H and O–H groups in total. The van der Waals surface area contributed by atoms with Crippen LogP contribution in [0.4, 0.5) is 10.1 Å². The number of halogens is 1. The van der Waals surface area contributed by atoms with Crippen molar-refractivity contribution in [1.29, 1.82) is 5.26 Å². The lowest BCUT2D eigenvalue weighted by molar-refractivity contribution is 0.410. The van der Waals surface area contributed by atoms with E-state index in [1.54, 1.807) is 0 Å². The standard InChI is InChI=1S/C13H16FN3O2S/c1-9-7-11(14)12(16)8-13(9)20(18,19)17(6-2-5-15)10-3-4-10/h7-8,10H,2-4,6,16H2,1H3. The van der Waals surface area contributed by atoms with Crippen molar-refractivity contribution in [1.82, 2.24) is 4.31 Å². The van der Waals surface area contributed by atoms with Gasteiger partial charge in [0.25, 0.3) is 0 Å². The van der Waals surface area contributed by atoms with Gasteiger partial charge in [0, 0.05) is 19.0 Å². The molecule has 0 aromatic heterocycles. The first-order chi connectivity index (χ1) is 9.37. The second-order valence-corrected chi connectivity index (χ2v) is 6.75. The van der Waals surface area contributed by atoms with Crippen LogP contribution < -0.4 is 5.73 Å². The Hall–Kier alpha value is -1.65. The van der Waals surface area contributed by atoms with Crippen LogP contribution in [-0.2, 0) is 10.0 Å². The SMILES string of the molecule is Cc1cc(F)c(N)cc1S(=O)(=O)N(CCC#N)C1CC1. The average molecular weight is 297 g/mol. The fourth-order valence-corrected chi connectivity index (χ4v) is 4.02. The third-order valence-electron chi connectivity index (χ3n) is 3.28. The summed E-state index contributed by atoms with van der Waals surface area (Å²) in [5, 5.41) is 8.65. The summed E-state index contributed by atoms with van der Waals surface area (Å²) < 4.78 is 40.0. The maximum absolute atomic E-state index is 13.3. The molecule has 5 nitrogen and oxygen atoms in total. The molecule has 0 saturated heterocycles. The van der Waals surface area contributed by atoms with Gasteiger partial charge in [-0.1, -0.05) is 0 Å². The summed E-state index contributed by atoms with van der Waals surface area (Å²) in [6.07, 6.45) is 1.71. The highest BCUT2D eigenvalue weighted by atomic mass is 32.2. The van der Waals surface area contributed by atoms with Crippen LogP contribution in [-0.4, -0.2) is 25.3 Å². The van der Waals surface area contributed by atoms with Gasteiger partial charge in [0.1, 0.15) is 5.82 Å². The largest absolute Gasteiger partial charge is 0.396 e.